The summed E-state index contributed by atoms with van der Waals surface area (Å²) in [5, 5.41) is 3.11. The molecule has 0 radical (unpaired) electrons. The fraction of sp³-hybridized carbons (Fsp3) is 0.333. The van der Waals surface area contributed by atoms with Crippen molar-refractivity contribution < 1.29 is 4.74 Å². The molecule has 0 aliphatic heterocycles. The molecule has 0 heterocycles. The zero-order valence-electron chi connectivity index (χ0n) is 10.2. The van der Waals surface area contributed by atoms with Gasteiger partial charge in [0, 0.05) is 6.54 Å². The first-order valence-corrected chi connectivity index (χ1v) is 5.80. The van der Waals surface area contributed by atoms with E-state index >= 15 is 0 Å². The van der Waals surface area contributed by atoms with Crippen molar-refractivity contribution >= 4 is 6.08 Å². The molecule has 90 valence electrons. The average molecular weight is 229 g/mol. The monoisotopic (exact) mass is 229 g/mol. The molecule has 17 heavy (non-hydrogen) atoms. The van der Waals surface area contributed by atoms with Crippen molar-refractivity contribution in [1.82, 2.24) is 5.32 Å². The maximum absolute atomic E-state index is 5.59. The normalized spacial score (nSPS) is 12.5. The SMILES string of the molecule is C#CCNCC(C)OCC=Cc1ccccc1. The van der Waals surface area contributed by atoms with Crippen LogP contribution >= 0.6 is 0 Å². The summed E-state index contributed by atoms with van der Waals surface area (Å²) in [4.78, 5) is 0. The van der Waals surface area contributed by atoms with E-state index in [1.54, 1.807) is 0 Å². The van der Waals surface area contributed by atoms with Gasteiger partial charge < -0.3 is 10.1 Å². The topological polar surface area (TPSA) is 21.3 Å². The van der Waals surface area contributed by atoms with Crippen LogP contribution in [0.1, 0.15) is 12.5 Å². The van der Waals surface area contributed by atoms with E-state index in [1.165, 1.54) is 5.56 Å². The number of hydrogen-bond donors (Lipinski definition) is 1. The smallest absolute Gasteiger partial charge is 0.0675 e. The second-order valence-electron chi connectivity index (χ2n) is 3.79. The molecular weight excluding hydrogens is 210 g/mol. The van der Waals surface area contributed by atoms with Crippen LogP contribution in [0.15, 0.2) is 36.4 Å². The number of nitrogens with one attached hydrogen (secondary N) is 1. The Hall–Kier alpha value is -1.56. The first-order chi connectivity index (χ1) is 8.33. The Bertz CT molecular complexity index is 364. The van der Waals surface area contributed by atoms with E-state index in [4.69, 9.17) is 11.2 Å². The zero-order valence-corrected chi connectivity index (χ0v) is 10.2. The summed E-state index contributed by atoms with van der Waals surface area (Å²) in [7, 11) is 0. The Balaban J connectivity index is 2.15. The fourth-order valence-electron chi connectivity index (χ4n) is 1.37. The van der Waals surface area contributed by atoms with E-state index < -0.39 is 0 Å². The Morgan fingerprint density at radius 2 is 2.18 bits per heavy atom. The highest BCUT2D eigenvalue weighted by Gasteiger charge is 1.98. The zero-order chi connectivity index (χ0) is 12.3. The standard InChI is InChI=1S/C15H19NO/c1-3-11-16-13-14(2)17-12-7-10-15-8-5-4-6-9-15/h1,4-10,14,16H,11-13H2,2H3. The predicted octanol–water partition coefficient (Wildman–Crippen LogP) is 2.33. The highest BCUT2D eigenvalue weighted by Crippen LogP contribution is 2.01. The molecule has 0 saturated heterocycles. The van der Waals surface area contributed by atoms with Gasteiger partial charge in [-0.15, -0.1) is 6.42 Å². The van der Waals surface area contributed by atoms with Crippen LogP contribution in [0.25, 0.3) is 6.08 Å². The number of rotatable bonds is 7. The summed E-state index contributed by atoms with van der Waals surface area (Å²) in [6.07, 6.45) is 9.38. The van der Waals surface area contributed by atoms with Gasteiger partial charge in [-0.05, 0) is 12.5 Å². The Labute approximate surface area is 104 Å². The lowest BCUT2D eigenvalue weighted by Crippen LogP contribution is -2.27. The average Bonchev–Trinajstić information content (AvgIpc) is 2.36. The van der Waals surface area contributed by atoms with Crippen molar-refractivity contribution in [3.05, 3.63) is 42.0 Å². The fourth-order valence-corrected chi connectivity index (χ4v) is 1.37. The third-order valence-corrected chi connectivity index (χ3v) is 2.25. The van der Waals surface area contributed by atoms with Crippen LogP contribution in [-0.2, 0) is 4.74 Å². The van der Waals surface area contributed by atoms with E-state index in [-0.39, 0.29) is 6.10 Å². The maximum Gasteiger partial charge on any atom is 0.0675 e. The molecule has 1 aromatic carbocycles. The number of terminal acetylenes is 1. The highest BCUT2D eigenvalue weighted by atomic mass is 16.5. The lowest BCUT2D eigenvalue weighted by atomic mass is 10.2. The molecule has 2 heteroatoms. The van der Waals surface area contributed by atoms with E-state index in [9.17, 15) is 0 Å². The van der Waals surface area contributed by atoms with Gasteiger partial charge in [0.05, 0.1) is 19.3 Å². The quantitative estimate of drug-likeness (QED) is 0.572. The van der Waals surface area contributed by atoms with Crippen LogP contribution < -0.4 is 5.32 Å². The summed E-state index contributed by atoms with van der Waals surface area (Å²) in [5.74, 6) is 2.53. The number of benzene rings is 1. The molecule has 2 nitrogen and oxygen atoms in total. The highest BCUT2D eigenvalue weighted by molar-refractivity contribution is 5.48. The lowest BCUT2D eigenvalue weighted by Gasteiger charge is -2.11. The van der Waals surface area contributed by atoms with Gasteiger partial charge in [0.2, 0.25) is 0 Å². The Morgan fingerprint density at radius 1 is 1.41 bits per heavy atom. The van der Waals surface area contributed by atoms with E-state index in [0.717, 1.165) is 6.54 Å². The first-order valence-electron chi connectivity index (χ1n) is 5.80. The summed E-state index contributed by atoms with van der Waals surface area (Å²) in [6, 6.07) is 10.2. The Kier molecular flexibility index (Phi) is 6.81. The largest absolute Gasteiger partial charge is 0.373 e. The number of hydrogen-bond acceptors (Lipinski definition) is 2. The summed E-state index contributed by atoms with van der Waals surface area (Å²) in [5.41, 5.74) is 1.19. The summed E-state index contributed by atoms with van der Waals surface area (Å²) in [6.45, 7) is 4.02. The predicted molar refractivity (Wildman–Crippen MR) is 72.6 cm³/mol. The molecule has 0 amide bonds. The molecule has 0 spiro atoms. The number of ether oxygens (including phenoxy) is 1. The molecule has 0 aromatic heterocycles. The lowest BCUT2D eigenvalue weighted by molar-refractivity contribution is 0.0891. The molecule has 1 unspecified atom stereocenters. The summed E-state index contributed by atoms with van der Waals surface area (Å²) >= 11 is 0. The van der Waals surface area contributed by atoms with Crippen LogP contribution in [-0.4, -0.2) is 25.8 Å². The van der Waals surface area contributed by atoms with Crippen LogP contribution in [0, 0.1) is 12.3 Å². The summed E-state index contributed by atoms with van der Waals surface area (Å²) < 4.78 is 5.59. The van der Waals surface area contributed by atoms with E-state index in [0.29, 0.717) is 13.2 Å². The van der Waals surface area contributed by atoms with Gasteiger partial charge >= 0.3 is 0 Å². The van der Waals surface area contributed by atoms with Crippen molar-refractivity contribution in [2.45, 2.75) is 13.0 Å². The van der Waals surface area contributed by atoms with Crippen molar-refractivity contribution in [2.24, 2.45) is 0 Å². The van der Waals surface area contributed by atoms with E-state index in [2.05, 4.69) is 29.4 Å². The third-order valence-electron chi connectivity index (χ3n) is 2.25. The molecule has 1 aromatic rings. The second-order valence-corrected chi connectivity index (χ2v) is 3.79. The van der Waals surface area contributed by atoms with Gasteiger partial charge in [0.1, 0.15) is 0 Å². The molecule has 0 saturated carbocycles. The van der Waals surface area contributed by atoms with Gasteiger partial charge in [-0.1, -0.05) is 48.4 Å². The Morgan fingerprint density at radius 3 is 2.88 bits per heavy atom. The van der Waals surface area contributed by atoms with Crippen LogP contribution in [0.2, 0.25) is 0 Å². The molecular formula is C15H19NO. The van der Waals surface area contributed by atoms with Gasteiger partial charge in [-0.2, -0.15) is 0 Å². The van der Waals surface area contributed by atoms with Gasteiger partial charge in [-0.3, -0.25) is 0 Å². The van der Waals surface area contributed by atoms with Crippen molar-refractivity contribution in [3.8, 4) is 12.3 Å². The molecule has 0 fully saturated rings. The van der Waals surface area contributed by atoms with Crippen molar-refractivity contribution in [1.29, 1.82) is 0 Å². The minimum absolute atomic E-state index is 0.170. The van der Waals surface area contributed by atoms with Crippen molar-refractivity contribution in [2.75, 3.05) is 19.7 Å². The van der Waals surface area contributed by atoms with Crippen LogP contribution in [0.4, 0.5) is 0 Å². The van der Waals surface area contributed by atoms with Gasteiger partial charge in [-0.25, -0.2) is 0 Å². The molecule has 0 bridgehead atoms. The van der Waals surface area contributed by atoms with Crippen LogP contribution in [0.5, 0.6) is 0 Å². The van der Waals surface area contributed by atoms with E-state index in [1.807, 2.05) is 31.2 Å². The third kappa shape index (κ3) is 6.57. The minimum Gasteiger partial charge on any atom is -0.373 e. The maximum atomic E-state index is 5.59. The minimum atomic E-state index is 0.170. The van der Waals surface area contributed by atoms with Crippen molar-refractivity contribution in [3.63, 3.8) is 0 Å². The first kappa shape index (κ1) is 13.5. The molecule has 1 rings (SSSR count). The molecule has 1 N–H and O–H groups in total. The van der Waals surface area contributed by atoms with Gasteiger partial charge in [0.15, 0.2) is 0 Å². The molecule has 0 aliphatic rings. The molecule has 1 atom stereocenters. The van der Waals surface area contributed by atoms with Crippen LogP contribution in [0.3, 0.4) is 0 Å². The molecule has 0 aliphatic carbocycles. The van der Waals surface area contributed by atoms with Gasteiger partial charge in [0.25, 0.3) is 0 Å². The second kappa shape index (κ2) is 8.58.